The zero-order valence-corrected chi connectivity index (χ0v) is 13.7. The molecule has 2 bridgehead atoms. The number of amides is 3. The summed E-state index contributed by atoms with van der Waals surface area (Å²) in [5.74, 6) is -0.697. The highest BCUT2D eigenvalue weighted by atomic mass is 16.3. The van der Waals surface area contributed by atoms with Crippen LogP contribution in [0.25, 0.3) is 0 Å². The number of likely N-dealkylation sites (tertiary alicyclic amines) is 1. The first kappa shape index (κ1) is 15.9. The standard InChI is InChI=1S/C19H20N2O4/c22-14-5-1-11(2-6-14)7-8-20-15(23)10-21-18(24)16-12-3-4-13(9-12)17(16)19(21)25/h1-6,12-13,16-17,22H,7-10H2,(H,20,23). The molecule has 1 saturated carbocycles. The van der Waals surface area contributed by atoms with E-state index in [2.05, 4.69) is 5.32 Å². The van der Waals surface area contributed by atoms with Crippen molar-refractivity contribution in [2.45, 2.75) is 12.8 Å². The molecule has 1 heterocycles. The van der Waals surface area contributed by atoms with Crippen LogP contribution in [0.1, 0.15) is 12.0 Å². The third kappa shape index (κ3) is 2.71. The molecule has 2 aliphatic carbocycles. The Balaban J connectivity index is 1.30. The Morgan fingerprint density at radius 3 is 2.28 bits per heavy atom. The third-order valence-corrected chi connectivity index (χ3v) is 5.54. The minimum absolute atomic E-state index is 0.161. The molecule has 2 N–H and O–H groups in total. The van der Waals surface area contributed by atoms with Gasteiger partial charge in [-0.3, -0.25) is 19.3 Å². The van der Waals surface area contributed by atoms with Crippen molar-refractivity contribution in [1.29, 1.82) is 0 Å². The summed E-state index contributed by atoms with van der Waals surface area (Å²) in [6, 6.07) is 6.78. The Bertz CT molecular complexity index is 725. The maximum absolute atomic E-state index is 12.5. The number of nitrogens with one attached hydrogen (secondary N) is 1. The van der Waals surface area contributed by atoms with Crippen LogP contribution in [-0.4, -0.2) is 40.8 Å². The minimum Gasteiger partial charge on any atom is -0.508 e. The number of fused-ring (bicyclic) bond motifs is 5. The zero-order chi connectivity index (χ0) is 17.6. The molecule has 3 amide bonds. The molecule has 0 spiro atoms. The van der Waals surface area contributed by atoms with Crippen LogP contribution in [0.5, 0.6) is 5.75 Å². The van der Waals surface area contributed by atoms with E-state index in [4.69, 9.17) is 0 Å². The third-order valence-electron chi connectivity index (χ3n) is 5.54. The van der Waals surface area contributed by atoms with Crippen LogP contribution in [0, 0.1) is 23.7 Å². The number of phenolic OH excluding ortho intramolecular Hbond substituents is 1. The molecule has 6 nitrogen and oxygen atoms in total. The second-order valence-electron chi connectivity index (χ2n) is 7.03. The monoisotopic (exact) mass is 340 g/mol. The van der Waals surface area contributed by atoms with Crippen LogP contribution < -0.4 is 5.32 Å². The number of carbonyl (C=O) groups excluding carboxylic acids is 3. The normalized spacial score (nSPS) is 29.4. The summed E-state index contributed by atoms with van der Waals surface area (Å²) in [5, 5.41) is 12.0. The number of rotatable bonds is 5. The van der Waals surface area contributed by atoms with E-state index in [0.29, 0.717) is 13.0 Å². The van der Waals surface area contributed by atoms with Gasteiger partial charge in [-0.1, -0.05) is 24.3 Å². The van der Waals surface area contributed by atoms with Crippen molar-refractivity contribution in [3.8, 4) is 5.75 Å². The quantitative estimate of drug-likeness (QED) is 0.615. The summed E-state index contributed by atoms with van der Waals surface area (Å²) in [6.07, 6.45) is 5.59. The Morgan fingerprint density at radius 1 is 1.08 bits per heavy atom. The summed E-state index contributed by atoms with van der Waals surface area (Å²) >= 11 is 0. The lowest BCUT2D eigenvalue weighted by atomic mass is 9.85. The predicted octanol–water partition coefficient (Wildman–Crippen LogP) is 0.858. The molecule has 4 unspecified atom stereocenters. The van der Waals surface area contributed by atoms with Gasteiger partial charge in [-0.25, -0.2) is 0 Å². The van der Waals surface area contributed by atoms with Gasteiger partial charge < -0.3 is 10.4 Å². The average molecular weight is 340 g/mol. The summed E-state index contributed by atoms with van der Waals surface area (Å²) in [4.78, 5) is 38.3. The number of hydrogen-bond acceptors (Lipinski definition) is 4. The van der Waals surface area contributed by atoms with E-state index in [-0.39, 0.29) is 53.7 Å². The second kappa shape index (κ2) is 6.02. The van der Waals surface area contributed by atoms with Crippen molar-refractivity contribution in [3.05, 3.63) is 42.0 Å². The van der Waals surface area contributed by atoms with Crippen LogP contribution in [0.4, 0.5) is 0 Å². The summed E-state index contributed by atoms with van der Waals surface area (Å²) in [6.45, 7) is 0.221. The highest BCUT2D eigenvalue weighted by molar-refractivity contribution is 6.08. The van der Waals surface area contributed by atoms with Gasteiger partial charge in [0.2, 0.25) is 17.7 Å². The average Bonchev–Trinajstić information content (AvgIpc) is 3.27. The fourth-order valence-electron chi connectivity index (χ4n) is 4.33. The smallest absolute Gasteiger partial charge is 0.240 e. The fraction of sp³-hybridized carbons (Fsp3) is 0.421. The molecular weight excluding hydrogens is 320 g/mol. The van der Waals surface area contributed by atoms with Gasteiger partial charge in [0.1, 0.15) is 12.3 Å². The number of aromatic hydroxyl groups is 1. The van der Waals surface area contributed by atoms with E-state index in [1.807, 2.05) is 12.2 Å². The van der Waals surface area contributed by atoms with Gasteiger partial charge in [0.25, 0.3) is 0 Å². The van der Waals surface area contributed by atoms with Crippen LogP contribution in [0.15, 0.2) is 36.4 Å². The lowest BCUT2D eigenvalue weighted by molar-refractivity contribution is -0.144. The molecule has 6 heteroatoms. The van der Waals surface area contributed by atoms with Gasteiger partial charge >= 0.3 is 0 Å². The number of carbonyl (C=O) groups is 3. The van der Waals surface area contributed by atoms with Crippen molar-refractivity contribution in [2.24, 2.45) is 23.7 Å². The Hall–Kier alpha value is -2.63. The molecule has 25 heavy (non-hydrogen) atoms. The van der Waals surface area contributed by atoms with Crippen molar-refractivity contribution >= 4 is 17.7 Å². The topological polar surface area (TPSA) is 86.7 Å². The largest absolute Gasteiger partial charge is 0.508 e. The van der Waals surface area contributed by atoms with Gasteiger partial charge in [-0.15, -0.1) is 0 Å². The van der Waals surface area contributed by atoms with E-state index in [1.54, 1.807) is 24.3 Å². The summed E-state index contributed by atoms with van der Waals surface area (Å²) in [5.41, 5.74) is 0.989. The van der Waals surface area contributed by atoms with Crippen LogP contribution >= 0.6 is 0 Å². The van der Waals surface area contributed by atoms with E-state index in [9.17, 15) is 19.5 Å². The molecule has 0 aromatic heterocycles. The lowest BCUT2D eigenvalue weighted by Gasteiger charge is -2.16. The highest BCUT2D eigenvalue weighted by Gasteiger charge is 2.59. The van der Waals surface area contributed by atoms with Crippen LogP contribution in [0.2, 0.25) is 0 Å². The number of nitrogens with zero attached hydrogens (tertiary/aromatic N) is 1. The Kier molecular flexibility index (Phi) is 3.82. The van der Waals surface area contributed by atoms with Crippen molar-refractivity contribution < 1.29 is 19.5 Å². The van der Waals surface area contributed by atoms with Gasteiger partial charge in [0.05, 0.1) is 11.8 Å². The number of hydrogen-bond donors (Lipinski definition) is 2. The van der Waals surface area contributed by atoms with Crippen molar-refractivity contribution in [3.63, 3.8) is 0 Å². The van der Waals surface area contributed by atoms with Gasteiger partial charge in [-0.05, 0) is 42.4 Å². The second-order valence-corrected chi connectivity index (χ2v) is 7.03. The summed E-state index contributed by atoms with van der Waals surface area (Å²) in [7, 11) is 0. The van der Waals surface area contributed by atoms with E-state index >= 15 is 0 Å². The van der Waals surface area contributed by atoms with Crippen molar-refractivity contribution in [2.75, 3.05) is 13.1 Å². The van der Waals surface area contributed by atoms with Gasteiger partial charge in [0, 0.05) is 6.54 Å². The fourth-order valence-corrected chi connectivity index (χ4v) is 4.33. The molecule has 1 aromatic rings. The molecular formula is C19H20N2O4. The molecule has 4 rings (SSSR count). The first-order valence-corrected chi connectivity index (χ1v) is 8.63. The minimum atomic E-state index is -0.319. The molecule has 1 saturated heterocycles. The maximum atomic E-state index is 12.5. The van der Waals surface area contributed by atoms with Crippen LogP contribution in [-0.2, 0) is 20.8 Å². The maximum Gasteiger partial charge on any atom is 0.240 e. The first-order chi connectivity index (χ1) is 12.0. The molecule has 1 aliphatic heterocycles. The summed E-state index contributed by atoms with van der Waals surface area (Å²) < 4.78 is 0. The van der Waals surface area contributed by atoms with E-state index < -0.39 is 0 Å². The lowest BCUT2D eigenvalue weighted by Crippen LogP contribution is -2.42. The molecule has 4 atom stereocenters. The van der Waals surface area contributed by atoms with Crippen molar-refractivity contribution in [1.82, 2.24) is 10.2 Å². The highest BCUT2D eigenvalue weighted by Crippen LogP contribution is 2.52. The number of allylic oxidation sites excluding steroid dienone is 2. The number of imide groups is 1. The molecule has 130 valence electrons. The Labute approximate surface area is 145 Å². The number of benzene rings is 1. The predicted molar refractivity (Wildman–Crippen MR) is 89.3 cm³/mol. The Morgan fingerprint density at radius 2 is 1.68 bits per heavy atom. The number of phenols is 1. The van der Waals surface area contributed by atoms with Gasteiger partial charge in [-0.2, -0.15) is 0 Å². The SMILES string of the molecule is O=C(CN1C(=O)C2C3C=CC(C3)C2C1=O)NCCc1ccc(O)cc1. The van der Waals surface area contributed by atoms with E-state index in [0.717, 1.165) is 16.9 Å². The van der Waals surface area contributed by atoms with E-state index in [1.165, 1.54) is 0 Å². The molecule has 2 fully saturated rings. The molecule has 1 aromatic carbocycles. The molecule has 0 radical (unpaired) electrons. The van der Waals surface area contributed by atoms with Crippen LogP contribution in [0.3, 0.4) is 0 Å². The molecule has 3 aliphatic rings. The zero-order valence-electron chi connectivity index (χ0n) is 13.7. The van der Waals surface area contributed by atoms with Gasteiger partial charge in [0.15, 0.2) is 0 Å². The first-order valence-electron chi connectivity index (χ1n) is 8.63.